The quantitative estimate of drug-likeness (QED) is 0.433. The molecule has 0 aromatic carbocycles. The van der Waals surface area contributed by atoms with Crippen molar-refractivity contribution in [1.29, 1.82) is 0 Å². The van der Waals surface area contributed by atoms with E-state index in [4.69, 9.17) is 10.2 Å². The van der Waals surface area contributed by atoms with Crippen LogP contribution in [0.3, 0.4) is 0 Å². The molecule has 0 aromatic heterocycles. The molecule has 0 saturated heterocycles. The molecule has 2 nitrogen and oxygen atoms in total. The van der Waals surface area contributed by atoms with E-state index >= 15 is 0 Å². The Labute approximate surface area is 74.9 Å². The van der Waals surface area contributed by atoms with Gasteiger partial charge >= 0.3 is 0 Å². The lowest BCUT2D eigenvalue weighted by molar-refractivity contribution is 0.282. The fraction of sp³-hybridized carbons (Fsp3) is 0.800. The van der Waals surface area contributed by atoms with E-state index in [1.807, 2.05) is 0 Å². The van der Waals surface area contributed by atoms with Crippen LogP contribution in [0.1, 0.15) is 38.5 Å². The molecule has 0 heterocycles. The minimum Gasteiger partial charge on any atom is -0.396 e. The molecule has 0 fully saturated rings. The largest absolute Gasteiger partial charge is 0.396 e. The Morgan fingerprint density at radius 1 is 0.833 bits per heavy atom. The van der Waals surface area contributed by atoms with E-state index < -0.39 is 0 Å². The highest BCUT2D eigenvalue weighted by molar-refractivity contribution is 4.93. The maximum Gasteiger partial charge on any atom is 0.0431 e. The van der Waals surface area contributed by atoms with E-state index in [2.05, 4.69) is 6.58 Å². The first kappa shape index (κ1) is 11.7. The summed E-state index contributed by atoms with van der Waals surface area (Å²) in [5, 5.41) is 17.1. The summed E-state index contributed by atoms with van der Waals surface area (Å²) in [7, 11) is 0. The van der Waals surface area contributed by atoms with Gasteiger partial charge in [0.25, 0.3) is 0 Å². The smallest absolute Gasteiger partial charge is 0.0431 e. The summed E-state index contributed by atoms with van der Waals surface area (Å²) < 4.78 is 0. The van der Waals surface area contributed by atoms with Gasteiger partial charge in [-0.1, -0.05) is 12.2 Å². The van der Waals surface area contributed by atoms with Crippen molar-refractivity contribution in [3.8, 4) is 0 Å². The van der Waals surface area contributed by atoms with Crippen molar-refractivity contribution >= 4 is 0 Å². The Bertz CT molecular complexity index is 98.4. The monoisotopic (exact) mass is 172 g/mol. The summed E-state index contributed by atoms with van der Waals surface area (Å²) in [5.74, 6) is 0. The molecule has 0 unspecified atom stereocenters. The van der Waals surface area contributed by atoms with Crippen molar-refractivity contribution in [2.24, 2.45) is 0 Å². The van der Waals surface area contributed by atoms with Gasteiger partial charge in [0, 0.05) is 13.2 Å². The Morgan fingerprint density at radius 2 is 1.25 bits per heavy atom. The third-order valence-electron chi connectivity index (χ3n) is 1.88. The molecule has 0 aliphatic carbocycles. The maximum atomic E-state index is 8.53. The summed E-state index contributed by atoms with van der Waals surface area (Å²) in [6.07, 6.45) is 5.86. The van der Waals surface area contributed by atoms with Crippen LogP contribution in [0.4, 0.5) is 0 Å². The average molecular weight is 172 g/mol. The van der Waals surface area contributed by atoms with Gasteiger partial charge in [-0.3, -0.25) is 0 Å². The molecule has 0 bridgehead atoms. The van der Waals surface area contributed by atoms with Gasteiger partial charge < -0.3 is 10.2 Å². The molecule has 2 N–H and O–H groups in total. The second kappa shape index (κ2) is 8.75. The van der Waals surface area contributed by atoms with Crippen LogP contribution in [0.15, 0.2) is 12.2 Å². The summed E-state index contributed by atoms with van der Waals surface area (Å²) in [6.45, 7) is 4.50. The number of aliphatic hydroxyl groups is 2. The van der Waals surface area contributed by atoms with Gasteiger partial charge in [0.15, 0.2) is 0 Å². The van der Waals surface area contributed by atoms with Crippen molar-refractivity contribution in [2.75, 3.05) is 13.2 Å². The van der Waals surface area contributed by atoms with Crippen molar-refractivity contribution < 1.29 is 10.2 Å². The van der Waals surface area contributed by atoms with Crippen LogP contribution in [-0.4, -0.2) is 23.4 Å². The van der Waals surface area contributed by atoms with Crippen molar-refractivity contribution in [3.05, 3.63) is 12.2 Å². The summed E-state index contributed by atoms with van der Waals surface area (Å²) in [6, 6.07) is 0. The molecule has 2 heteroatoms. The first-order valence-corrected chi connectivity index (χ1v) is 4.69. The van der Waals surface area contributed by atoms with Crippen LogP contribution in [0.5, 0.6) is 0 Å². The van der Waals surface area contributed by atoms with Crippen LogP contribution in [0, 0.1) is 0 Å². The minimum absolute atomic E-state index is 0.282. The van der Waals surface area contributed by atoms with Gasteiger partial charge in [0.1, 0.15) is 0 Å². The maximum absolute atomic E-state index is 8.53. The fourth-order valence-electron chi connectivity index (χ4n) is 1.10. The van der Waals surface area contributed by atoms with Gasteiger partial charge in [-0.15, -0.1) is 0 Å². The zero-order valence-electron chi connectivity index (χ0n) is 7.76. The van der Waals surface area contributed by atoms with E-state index in [0.717, 1.165) is 38.5 Å². The standard InChI is InChI=1S/C10H20O2/c1-10(6-2-4-8-11)7-3-5-9-12/h11-12H,1-9H2. The van der Waals surface area contributed by atoms with Crippen LogP contribution in [0.25, 0.3) is 0 Å². The normalized spacial score (nSPS) is 10.2. The zero-order valence-corrected chi connectivity index (χ0v) is 7.76. The van der Waals surface area contributed by atoms with E-state index in [1.165, 1.54) is 5.57 Å². The first-order chi connectivity index (χ1) is 5.81. The molecule has 0 aliphatic heterocycles. The average Bonchev–Trinajstić information content (AvgIpc) is 2.06. The predicted octanol–water partition coefficient (Wildman–Crippen LogP) is 1.87. The second-order valence-electron chi connectivity index (χ2n) is 3.11. The van der Waals surface area contributed by atoms with Gasteiger partial charge in [-0.25, -0.2) is 0 Å². The van der Waals surface area contributed by atoms with E-state index in [-0.39, 0.29) is 13.2 Å². The first-order valence-electron chi connectivity index (χ1n) is 4.69. The molecule has 0 saturated carbocycles. The van der Waals surface area contributed by atoms with Crippen molar-refractivity contribution in [2.45, 2.75) is 38.5 Å². The van der Waals surface area contributed by atoms with Crippen LogP contribution in [-0.2, 0) is 0 Å². The van der Waals surface area contributed by atoms with Gasteiger partial charge in [-0.05, 0) is 38.5 Å². The highest BCUT2D eigenvalue weighted by Crippen LogP contribution is 2.12. The summed E-state index contributed by atoms with van der Waals surface area (Å²) >= 11 is 0. The lowest BCUT2D eigenvalue weighted by Crippen LogP contribution is -1.88. The molecular weight excluding hydrogens is 152 g/mol. The highest BCUT2D eigenvalue weighted by atomic mass is 16.3. The molecule has 72 valence electrons. The zero-order chi connectivity index (χ0) is 9.23. The molecule has 12 heavy (non-hydrogen) atoms. The molecule has 0 aromatic rings. The molecule has 0 amide bonds. The Balaban J connectivity index is 3.10. The molecule has 0 spiro atoms. The van der Waals surface area contributed by atoms with Crippen LogP contribution >= 0.6 is 0 Å². The summed E-state index contributed by atoms with van der Waals surface area (Å²) in [5.41, 5.74) is 1.25. The Hall–Kier alpha value is -0.340. The number of unbranched alkanes of at least 4 members (excludes halogenated alkanes) is 2. The molecule has 0 rings (SSSR count). The fourth-order valence-corrected chi connectivity index (χ4v) is 1.10. The molecule has 0 atom stereocenters. The van der Waals surface area contributed by atoms with E-state index in [0.29, 0.717) is 0 Å². The van der Waals surface area contributed by atoms with E-state index in [9.17, 15) is 0 Å². The topological polar surface area (TPSA) is 40.5 Å². The minimum atomic E-state index is 0.282. The number of hydrogen-bond donors (Lipinski definition) is 2. The van der Waals surface area contributed by atoms with Crippen molar-refractivity contribution in [3.63, 3.8) is 0 Å². The molecular formula is C10H20O2. The number of aliphatic hydroxyl groups excluding tert-OH is 2. The third-order valence-corrected chi connectivity index (χ3v) is 1.88. The number of hydrogen-bond acceptors (Lipinski definition) is 2. The van der Waals surface area contributed by atoms with Crippen LogP contribution in [0.2, 0.25) is 0 Å². The predicted molar refractivity (Wildman–Crippen MR) is 51.0 cm³/mol. The molecule has 0 radical (unpaired) electrons. The number of allylic oxidation sites excluding steroid dienone is 1. The van der Waals surface area contributed by atoms with E-state index in [1.54, 1.807) is 0 Å². The third kappa shape index (κ3) is 7.76. The number of rotatable bonds is 8. The lowest BCUT2D eigenvalue weighted by Gasteiger charge is -2.03. The van der Waals surface area contributed by atoms with Crippen molar-refractivity contribution in [1.82, 2.24) is 0 Å². The lowest BCUT2D eigenvalue weighted by atomic mass is 10.0. The van der Waals surface area contributed by atoms with Gasteiger partial charge in [-0.2, -0.15) is 0 Å². The second-order valence-corrected chi connectivity index (χ2v) is 3.11. The summed E-state index contributed by atoms with van der Waals surface area (Å²) in [4.78, 5) is 0. The Morgan fingerprint density at radius 3 is 1.58 bits per heavy atom. The van der Waals surface area contributed by atoms with Gasteiger partial charge in [0.05, 0.1) is 0 Å². The Kier molecular flexibility index (Phi) is 8.51. The molecule has 0 aliphatic rings. The van der Waals surface area contributed by atoms with Gasteiger partial charge in [0.2, 0.25) is 0 Å². The van der Waals surface area contributed by atoms with Crippen LogP contribution < -0.4 is 0 Å². The highest BCUT2D eigenvalue weighted by Gasteiger charge is 1.94. The SMILES string of the molecule is C=C(CCCCO)CCCCO.